The summed E-state index contributed by atoms with van der Waals surface area (Å²) >= 11 is 3.51. The van der Waals surface area contributed by atoms with Gasteiger partial charge < -0.3 is 15.0 Å². The van der Waals surface area contributed by atoms with Crippen molar-refractivity contribution in [2.24, 2.45) is 0 Å². The van der Waals surface area contributed by atoms with Gasteiger partial charge in [0.25, 0.3) is 5.91 Å². The van der Waals surface area contributed by atoms with E-state index in [4.69, 9.17) is 4.74 Å². The number of benzene rings is 2. The van der Waals surface area contributed by atoms with E-state index in [1.54, 1.807) is 4.90 Å². The predicted molar refractivity (Wildman–Crippen MR) is 128 cm³/mol. The molecule has 6 heteroatoms. The van der Waals surface area contributed by atoms with E-state index < -0.39 is 6.04 Å². The highest BCUT2D eigenvalue weighted by Crippen LogP contribution is 2.26. The Morgan fingerprint density at radius 2 is 1.74 bits per heavy atom. The predicted octanol–water partition coefficient (Wildman–Crippen LogP) is 5.11. The molecule has 2 aromatic carbocycles. The fraction of sp³-hybridized carbons (Fsp3) is 0.440. The Balaban J connectivity index is 2.21. The average molecular weight is 489 g/mol. The number of hydrogen-bond acceptors (Lipinski definition) is 3. The molecule has 0 aliphatic carbocycles. The quantitative estimate of drug-likeness (QED) is 0.533. The fourth-order valence-corrected chi connectivity index (χ4v) is 3.80. The van der Waals surface area contributed by atoms with Gasteiger partial charge in [-0.3, -0.25) is 9.59 Å². The molecule has 2 amide bonds. The number of nitrogens with one attached hydrogen (secondary N) is 1. The Kier molecular flexibility index (Phi) is 9.11. The Morgan fingerprint density at radius 1 is 1.06 bits per heavy atom. The van der Waals surface area contributed by atoms with E-state index in [9.17, 15) is 9.59 Å². The van der Waals surface area contributed by atoms with Crippen molar-refractivity contribution >= 4 is 27.7 Å². The summed E-state index contributed by atoms with van der Waals surface area (Å²) in [6.45, 7) is 10.00. The summed E-state index contributed by atoms with van der Waals surface area (Å²) in [6.07, 6.45) is 1.43. The van der Waals surface area contributed by atoms with Crippen molar-refractivity contribution in [2.45, 2.75) is 65.6 Å². The molecule has 168 valence electrons. The molecule has 0 saturated carbocycles. The second-order valence-corrected chi connectivity index (χ2v) is 9.43. The lowest BCUT2D eigenvalue weighted by Crippen LogP contribution is -2.54. The second kappa shape index (κ2) is 11.3. The van der Waals surface area contributed by atoms with Crippen molar-refractivity contribution in [3.05, 3.63) is 64.1 Å². The molecular formula is C25H33BrN2O3. The molecule has 2 rings (SSSR count). The molecule has 0 fully saturated rings. The summed E-state index contributed by atoms with van der Waals surface area (Å²) in [6, 6.07) is 15.0. The average Bonchev–Trinajstić information content (AvgIpc) is 2.71. The number of carbonyl (C=O) groups excluding carboxylic acids is 2. The summed E-state index contributed by atoms with van der Waals surface area (Å²) in [7, 11) is 0. The van der Waals surface area contributed by atoms with Gasteiger partial charge in [0.2, 0.25) is 5.91 Å². The molecule has 2 aromatic rings. The van der Waals surface area contributed by atoms with Crippen molar-refractivity contribution in [2.75, 3.05) is 6.61 Å². The van der Waals surface area contributed by atoms with Gasteiger partial charge in [0.15, 0.2) is 6.61 Å². The maximum Gasteiger partial charge on any atom is 0.261 e. The van der Waals surface area contributed by atoms with E-state index in [0.717, 1.165) is 16.5 Å². The van der Waals surface area contributed by atoms with E-state index in [0.29, 0.717) is 18.7 Å². The van der Waals surface area contributed by atoms with Crippen LogP contribution in [0.15, 0.2) is 53.0 Å². The summed E-state index contributed by atoms with van der Waals surface area (Å²) in [5.41, 5.74) is 1.77. The van der Waals surface area contributed by atoms with E-state index in [-0.39, 0.29) is 24.0 Å². The summed E-state index contributed by atoms with van der Waals surface area (Å²) in [4.78, 5) is 27.8. The Bertz CT molecular complexity index is 878. The van der Waals surface area contributed by atoms with Gasteiger partial charge in [0.05, 0.1) is 4.47 Å². The van der Waals surface area contributed by atoms with E-state index in [1.165, 1.54) is 5.56 Å². The van der Waals surface area contributed by atoms with Crippen LogP contribution in [-0.2, 0) is 22.6 Å². The Hall–Kier alpha value is -2.34. The molecule has 0 radical (unpaired) electrons. The summed E-state index contributed by atoms with van der Waals surface area (Å²) < 4.78 is 6.63. The molecule has 0 bridgehead atoms. The van der Waals surface area contributed by atoms with Crippen LogP contribution in [0.3, 0.4) is 0 Å². The van der Waals surface area contributed by atoms with Crippen molar-refractivity contribution in [3.63, 3.8) is 0 Å². The van der Waals surface area contributed by atoms with Gasteiger partial charge in [0.1, 0.15) is 11.8 Å². The van der Waals surface area contributed by atoms with Crippen molar-refractivity contribution in [1.29, 1.82) is 0 Å². The van der Waals surface area contributed by atoms with Gasteiger partial charge in [-0.05, 0) is 72.8 Å². The van der Waals surface area contributed by atoms with Gasteiger partial charge in [-0.25, -0.2) is 0 Å². The molecule has 1 atom stereocenters. The highest BCUT2D eigenvalue weighted by molar-refractivity contribution is 9.10. The third-order valence-electron chi connectivity index (χ3n) is 4.84. The first-order valence-corrected chi connectivity index (χ1v) is 11.5. The van der Waals surface area contributed by atoms with Crippen molar-refractivity contribution in [3.8, 4) is 5.75 Å². The lowest BCUT2D eigenvalue weighted by Gasteiger charge is -2.33. The van der Waals surface area contributed by atoms with Crippen LogP contribution in [0.4, 0.5) is 0 Å². The zero-order valence-corrected chi connectivity index (χ0v) is 20.7. The minimum Gasteiger partial charge on any atom is -0.483 e. The number of hydrogen-bond donors (Lipinski definition) is 1. The molecule has 31 heavy (non-hydrogen) atoms. The first-order valence-electron chi connectivity index (χ1n) is 10.7. The Labute approximate surface area is 194 Å². The first-order chi connectivity index (χ1) is 14.6. The smallest absolute Gasteiger partial charge is 0.261 e. The van der Waals surface area contributed by atoms with E-state index >= 15 is 0 Å². The number of aryl methyl sites for hydroxylation is 1. The lowest BCUT2D eigenvalue weighted by molar-refractivity contribution is -0.143. The first kappa shape index (κ1) is 24.9. The van der Waals surface area contributed by atoms with Crippen LogP contribution in [-0.4, -0.2) is 34.9 Å². The number of carbonyl (C=O) groups is 2. The molecule has 0 aliphatic heterocycles. The maximum absolute atomic E-state index is 13.2. The van der Waals surface area contributed by atoms with Crippen LogP contribution in [0.5, 0.6) is 5.75 Å². The largest absolute Gasteiger partial charge is 0.483 e. The summed E-state index contributed by atoms with van der Waals surface area (Å²) in [5, 5.41) is 3.01. The molecule has 0 unspecified atom stereocenters. The monoisotopic (exact) mass is 488 g/mol. The highest BCUT2D eigenvalue weighted by atomic mass is 79.9. The number of ether oxygens (including phenoxy) is 1. The van der Waals surface area contributed by atoms with Crippen LogP contribution in [0.25, 0.3) is 0 Å². The van der Waals surface area contributed by atoms with Crippen molar-refractivity contribution < 1.29 is 14.3 Å². The molecule has 5 nitrogen and oxygen atoms in total. The zero-order valence-electron chi connectivity index (χ0n) is 19.1. The van der Waals surface area contributed by atoms with Crippen LogP contribution in [0, 0.1) is 0 Å². The molecular weight excluding hydrogens is 456 g/mol. The highest BCUT2D eigenvalue weighted by Gasteiger charge is 2.30. The van der Waals surface area contributed by atoms with Crippen LogP contribution >= 0.6 is 15.9 Å². The normalized spacial score (nSPS) is 12.2. The molecule has 0 aliphatic rings. The molecule has 1 N–H and O–H groups in total. The number of halogens is 1. The van der Waals surface area contributed by atoms with Crippen LogP contribution < -0.4 is 10.1 Å². The number of nitrogens with zero attached hydrogens (tertiary/aromatic N) is 1. The SMILES string of the molecule is CCc1ccc(OCC(=O)N(Cc2ccccc2)[C@@H](CC)C(=O)NC(C)(C)C)c(Br)c1. The van der Waals surface area contributed by atoms with Gasteiger partial charge >= 0.3 is 0 Å². The minimum atomic E-state index is -0.582. The van der Waals surface area contributed by atoms with Gasteiger partial charge in [0, 0.05) is 12.1 Å². The number of amides is 2. The lowest BCUT2D eigenvalue weighted by atomic mass is 10.1. The zero-order chi connectivity index (χ0) is 23.0. The maximum atomic E-state index is 13.2. The molecule has 0 saturated heterocycles. The standard InChI is InChI=1S/C25H33BrN2O3/c1-6-18-13-14-22(20(26)15-18)31-17-23(29)28(16-19-11-9-8-10-12-19)21(7-2)24(30)27-25(3,4)5/h8-15,21H,6-7,16-17H2,1-5H3,(H,27,30)/t21-/m0/s1. The van der Waals surface area contributed by atoms with Crippen LogP contribution in [0.2, 0.25) is 0 Å². The van der Waals surface area contributed by atoms with Gasteiger partial charge in [-0.15, -0.1) is 0 Å². The van der Waals surface area contributed by atoms with Crippen LogP contribution in [0.1, 0.15) is 52.2 Å². The third kappa shape index (κ3) is 7.69. The van der Waals surface area contributed by atoms with Gasteiger partial charge in [-0.2, -0.15) is 0 Å². The summed E-state index contributed by atoms with van der Waals surface area (Å²) in [5.74, 6) is 0.219. The number of rotatable bonds is 9. The fourth-order valence-electron chi connectivity index (χ4n) is 3.26. The molecule has 0 heterocycles. The van der Waals surface area contributed by atoms with E-state index in [1.807, 2.05) is 76.2 Å². The second-order valence-electron chi connectivity index (χ2n) is 8.58. The van der Waals surface area contributed by atoms with E-state index in [2.05, 4.69) is 28.2 Å². The Morgan fingerprint density at radius 3 is 2.29 bits per heavy atom. The van der Waals surface area contributed by atoms with Gasteiger partial charge in [-0.1, -0.05) is 50.2 Å². The molecule has 0 spiro atoms. The molecule has 0 aromatic heterocycles. The minimum absolute atomic E-state index is 0.143. The van der Waals surface area contributed by atoms with Crippen molar-refractivity contribution in [1.82, 2.24) is 10.2 Å². The third-order valence-corrected chi connectivity index (χ3v) is 5.46. The topological polar surface area (TPSA) is 58.6 Å².